The predicted octanol–water partition coefficient (Wildman–Crippen LogP) is 2.99. The van der Waals surface area contributed by atoms with Gasteiger partial charge in [0.25, 0.3) is 0 Å². The number of hydrogen-bond donors (Lipinski definition) is 1. The Morgan fingerprint density at radius 2 is 1.71 bits per heavy atom. The summed E-state index contributed by atoms with van der Waals surface area (Å²) in [7, 11) is -3.14. The van der Waals surface area contributed by atoms with Crippen LogP contribution in [0, 0.1) is 0 Å². The number of sulfone groups is 1. The molecule has 0 saturated carbocycles. The Kier molecular flexibility index (Phi) is 8.19. The first-order chi connectivity index (χ1) is 10.6. The van der Waals surface area contributed by atoms with Gasteiger partial charge in [0.05, 0.1) is 10.9 Å². The van der Waals surface area contributed by atoms with E-state index in [1.54, 1.807) is 23.5 Å². The van der Waals surface area contributed by atoms with E-state index in [1.807, 2.05) is 12.1 Å². The highest BCUT2D eigenvalue weighted by Crippen LogP contribution is 2.32. The highest BCUT2D eigenvalue weighted by atomic mass is 35.5. The van der Waals surface area contributed by atoms with E-state index in [2.05, 4.69) is 27.7 Å². The van der Waals surface area contributed by atoms with Gasteiger partial charge in [-0.05, 0) is 29.1 Å². The average molecular weight is 409 g/mol. The van der Waals surface area contributed by atoms with Crippen LogP contribution in [-0.4, -0.2) is 45.8 Å². The van der Waals surface area contributed by atoms with Gasteiger partial charge in [0.1, 0.15) is 0 Å². The zero-order valence-corrected chi connectivity index (χ0v) is 16.6. The van der Waals surface area contributed by atoms with Crippen LogP contribution in [0.25, 0.3) is 0 Å². The Hall–Kier alpha value is -0.630. The standard InChI is InChI=1S/C16H20N2O2S2.2ClH/c1-22(19,20)14-6-4-13(5-7-14)16(15-3-2-12-21-15)18-10-8-17-9-11-18;;/h2-7,12,16-17H,8-11H2,1H3;2*1H/t16-;;/m0../s1. The fourth-order valence-electron chi connectivity index (χ4n) is 2.84. The summed E-state index contributed by atoms with van der Waals surface area (Å²) >= 11 is 1.75. The molecule has 1 atom stereocenters. The molecule has 0 spiro atoms. The molecule has 0 radical (unpaired) electrons. The highest BCUT2D eigenvalue weighted by Gasteiger charge is 2.24. The minimum absolute atomic E-state index is 0. The van der Waals surface area contributed by atoms with Crippen LogP contribution in [0.1, 0.15) is 16.5 Å². The summed E-state index contributed by atoms with van der Waals surface area (Å²) in [6.07, 6.45) is 1.25. The summed E-state index contributed by atoms with van der Waals surface area (Å²) in [6, 6.07) is 11.8. The van der Waals surface area contributed by atoms with E-state index in [0.717, 1.165) is 31.7 Å². The molecule has 0 amide bonds. The summed E-state index contributed by atoms with van der Waals surface area (Å²) in [4.78, 5) is 4.13. The maximum absolute atomic E-state index is 11.6. The zero-order chi connectivity index (χ0) is 15.6. The second kappa shape index (κ2) is 9.17. The van der Waals surface area contributed by atoms with Gasteiger partial charge in [0, 0.05) is 37.3 Å². The number of rotatable bonds is 4. The number of halogens is 2. The summed E-state index contributed by atoms with van der Waals surface area (Å²) in [5, 5.41) is 5.47. The number of piperazine rings is 1. The molecule has 1 saturated heterocycles. The van der Waals surface area contributed by atoms with Gasteiger partial charge in [-0.3, -0.25) is 4.90 Å². The second-order valence-electron chi connectivity index (χ2n) is 5.55. The maximum Gasteiger partial charge on any atom is 0.175 e. The molecule has 1 aliphatic heterocycles. The second-order valence-corrected chi connectivity index (χ2v) is 8.54. The maximum atomic E-state index is 11.6. The molecule has 1 fully saturated rings. The van der Waals surface area contributed by atoms with E-state index in [0.29, 0.717) is 4.90 Å². The van der Waals surface area contributed by atoms with Gasteiger partial charge in [0.2, 0.25) is 0 Å². The number of benzene rings is 1. The van der Waals surface area contributed by atoms with Gasteiger partial charge >= 0.3 is 0 Å². The minimum Gasteiger partial charge on any atom is -0.314 e. The average Bonchev–Trinajstić information content (AvgIpc) is 3.02. The molecular formula is C16H22Cl2N2O2S2. The van der Waals surface area contributed by atoms with Crippen molar-refractivity contribution >= 4 is 46.0 Å². The zero-order valence-electron chi connectivity index (χ0n) is 13.3. The molecule has 8 heteroatoms. The minimum atomic E-state index is -3.14. The number of thiophene rings is 1. The molecule has 24 heavy (non-hydrogen) atoms. The van der Waals surface area contributed by atoms with Gasteiger partial charge in [-0.25, -0.2) is 8.42 Å². The van der Waals surface area contributed by atoms with Crippen LogP contribution < -0.4 is 5.32 Å². The van der Waals surface area contributed by atoms with Crippen LogP contribution in [0.2, 0.25) is 0 Å². The number of nitrogens with zero attached hydrogens (tertiary/aromatic N) is 1. The third kappa shape index (κ3) is 4.94. The van der Waals surface area contributed by atoms with Gasteiger partial charge in [0.15, 0.2) is 9.84 Å². The normalized spacial score (nSPS) is 16.7. The van der Waals surface area contributed by atoms with Crippen molar-refractivity contribution in [2.75, 3.05) is 32.4 Å². The van der Waals surface area contributed by atoms with E-state index in [9.17, 15) is 8.42 Å². The fraction of sp³-hybridized carbons (Fsp3) is 0.375. The predicted molar refractivity (Wildman–Crippen MR) is 105 cm³/mol. The molecule has 0 aliphatic carbocycles. The molecule has 4 nitrogen and oxygen atoms in total. The van der Waals surface area contributed by atoms with E-state index in [1.165, 1.54) is 11.1 Å². The Labute approximate surface area is 160 Å². The third-order valence-electron chi connectivity index (χ3n) is 3.95. The molecule has 3 rings (SSSR count). The van der Waals surface area contributed by atoms with Crippen molar-refractivity contribution in [3.63, 3.8) is 0 Å². The number of nitrogens with one attached hydrogen (secondary N) is 1. The molecule has 134 valence electrons. The van der Waals surface area contributed by atoms with E-state index in [4.69, 9.17) is 0 Å². The first kappa shape index (κ1) is 21.4. The smallest absolute Gasteiger partial charge is 0.175 e. The van der Waals surface area contributed by atoms with Crippen molar-refractivity contribution in [3.8, 4) is 0 Å². The van der Waals surface area contributed by atoms with Crippen molar-refractivity contribution in [2.45, 2.75) is 10.9 Å². The highest BCUT2D eigenvalue weighted by molar-refractivity contribution is 7.90. The van der Waals surface area contributed by atoms with Gasteiger partial charge in [-0.1, -0.05) is 18.2 Å². The largest absolute Gasteiger partial charge is 0.314 e. The van der Waals surface area contributed by atoms with Crippen molar-refractivity contribution in [2.24, 2.45) is 0 Å². The Bertz CT molecular complexity index is 713. The fourth-order valence-corrected chi connectivity index (χ4v) is 4.36. The van der Waals surface area contributed by atoms with Crippen LogP contribution in [0.3, 0.4) is 0 Å². The van der Waals surface area contributed by atoms with E-state index >= 15 is 0 Å². The Morgan fingerprint density at radius 1 is 1.08 bits per heavy atom. The summed E-state index contributed by atoms with van der Waals surface area (Å²) < 4.78 is 23.3. The lowest BCUT2D eigenvalue weighted by molar-refractivity contribution is 0.200. The molecule has 1 aromatic carbocycles. The van der Waals surface area contributed by atoms with Gasteiger partial charge in [-0.2, -0.15) is 0 Å². The van der Waals surface area contributed by atoms with Crippen molar-refractivity contribution in [1.29, 1.82) is 0 Å². The van der Waals surface area contributed by atoms with Gasteiger partial charge in [-0.15, -0.1) is 36.2 Å². The molecular weight excluding hydrogens is 387 g/mol. The molecule has 2 aromatic rings. The lowest BCUT2D eigenvalue weighted by Gasteiger charge is -2.34. The van der Waals surface area contributed by atoms with Crippen LogP contribution >= 0.6 is 36.2 Å². The first-order valence-corrected chi connectivity index (χ1v) is 10.1. The lowest BCUT2D eigenvalue weighted by atomic mass is 10.0. The molecule has 1 aliphatic rings. The quantitative estimate of drug-likeness (QED) is 0.844. The molecule has 2 heterocycles. The Morgan fingerprint density at radius 3 is 2.21 bits per heavy atom. The van der Waals surface area contributed by atoms with Crippen molar-refractivity contribution in [1.82, 2.24) is 10.2 Å². The molecule has 1 aromatic heterocycles. The monoisotopic (exact) mass is 408 g/mol. The van der Waals surface area contributed by atoms with Crippen molar-refractivity contribution < 1.29 is 8.42 Å². The van der Waals surface area contributed by atoms with Crippen molar-refractivity contribution in [3.05, 3.63) is 52.2 Å². The SMILES string of the molecule is CS(=O)(=O)c1ccc([C@@H](c2cccs2)N2CCNCC2)cc1.Cl.Cl. The number of hydrogen-bond acceptors (Lipinski definition) is 5. The van der Waals surface area contributed by atoms with E-state index in [-0.39, 0.29) is 30.9 Å². The lowest BCUT2D eigenvalue weighted by Crippen LogP contribution is -2.45. The first-order valence-electron chi connectivity index (χ1n) is 7.34. The summed E-state index contributed by atoms with van der Waals surface area (Å²) in [5.74, 6) is 0. The van der Waals surface area contributed by atoms with Crippen LogP contribution in [-0.2, 0) is 9.84 Å². The summed E-state index contributed by atoms with van der Waals surface area (Å²) in [5.41, 5.74) is 1.15. The molecule has 0 bridgehead atoms. The van der Waals surface area contributed by atoms with Crippen LogP contribution in [0.4, 0.5) is 0 Å². The molecule has 1 N–H and O–H groups in total. The van der Waals surface area contributed by atoms with Crippen LogP contribution in [0.5, 0.6) is 0 Å². The van der Waals surface area contributed by atoms with Crippen LogP contribution in [0.15, 0.2) is 46.7 Å². The third-order valence-corrected chi connectivity index (χ3v) is 6.01. The summed E-state index contributed by atoms with van der Waals surface area (Å²) in [6.45, 7) is 3.97. The van der Waals surface area contributed by atoms with E-state index < -0.39 is 9.84 Å². The van der Waals surface area contributed by atoms with Gasteiger partial charge < -0.3 is 5.32 Å². The Balaban J connectivity index is 0.00000144. The molecule has 0 unspecified atom stereocenters. The topological polar surface area (TPSA) is 49.4 Å².